The van der Waals surface area contributed by atoms with Gasteiger partial charge in [-0.05, 0) is 17.4 Å². The predicted octanol–water partition coefficient (Wildman–Crippen LogP) is 1.95. The molecule has 0 spiro atoms. The van der Waals surface area contributed by atoms with E-state index in [0.717, 1.165) is 4.47 Å². The van der Waals surface area contributed by atoms with Gasteiger partial charge in [0, 0.05) is 4.47 Å². The van der Waals surface area contributed by atoms with Crippen LogP contribution in [0, 0.1) is 0 Å². The van der Waals surface area contributed by atoms with Gasteiger partial charge in [-0.1, -0.05) is 28.1 Å². The summed E-state index contributed by atoms with van der Waals surface area (Å²) < 4.78 is 1.13. The van der Waals surface area contributed by atoms with Crippen LogP contribution in [0.4, 0.5) is 0 Å². The second-order valence-corrected chi connectivity index (χ2v) is 3.14. The smallest absolute Gasteiger partial charge is 0.0181 e. The summed E-state index contributed by atoms with van der Waals surface area (Å²) in [4.78, 5) is 0. The molecule has 0 bridgehead atoms. The maximum atomic E-state index is 3.35. The number of benzene rings is 1. The molecular formula is C6H6BrP. The molecule has 42 valence electrons. The van der Waals surface area contributed by atoms with Gasteiger partial charge in [0.2, 0.25) is 0 Å². The van der Waals surface area contributed by atoms with Crippen LogP contribution in [0.3, 0.4) is 0 Å². The van der Waals surface area contributed by atoms with Crippen molar-refractivity contribution in [1.29, 1.82) is 0 Å². The molecule has 0 fully saturated rings. The van der Waals surface area contributed by atoms with E-state index in [1.165, 1.54) is 5.30 Å². The summed E-state index contributed by atoms with van der Waals surface area (Å²) in [6.07, 6.45) is 0. The molecule has 0 nitrogen and oxygen atoms in total. The second kappa shape index (κ2) is 2.61. The van der Waals surface area contributed by atoms with E-state index in [1.54, 1.807) is 0 Å². The van der Waals surface area contributed by atoms with Crippen molar-refractivity contribution in [2.75, 3.05) is 0 Å². The summed E-state index contributed by atoms with van der Waals surface area (Å²) in [5, 5.41) is 1.21. The molecule has 0 aliphatic heterocycles. The van der Waals surface area contributed by atoms with Gasteiger partial charge >= 0.3 is 0 Å². The van der Waals surface area contributed by atoms with Crippen LogP contribution in [-0.4, -0.2) is 0 Å². The molecule has 0 saturated carbocycles. The molecule has 0 amide bonds. The Hall–Kier alpha value is 0.130. The number of halogens is 1. The van der Waals surface area contributed by atoms with Crippen LogP contribution in [0.2, 0.25) is 0 Å². The Morgan fingerprint density at radius 2 is 2.12 bits per heavy atom. The largest absolute Gasteiger partial charge is 0.106 e. The predicted molar refractivity (Wildman–Crippen MR) is 43.5 cm³/mol. The standard InChI is InChI=1S/C6H6BrP/c7-5-2-1-3-6(8)4-5/h1-4H,8H2. The number of hydrogen-bond donors (Lipinski definition) is 0. The van der Waals surface area contributed by atoms with Crippen molar-refractivity contribution in [3.63, 3.8) is 0 Å². The average molecular weight is 189 g/mol. The Morgan fingerprint density at radius 1 is 1.38 bits per heavy atom. The first-order valence-electron chi connectivity index (χ1n) is 2.30. The Kier molecular flexibility index (Phi) is 2.04. The summed E-state index contributed by atoms with van der Waals surface area (Å²) in [6, 6.07) is 8.10. The summed E-state index contributed by atoms with van der Waals surface area (Å²) in [5.41, 5.74) is 0. The molecule has 0 heterocycles. The topological polar surface area (TPSA) is 0 Å². The fourth-order valence-electron chi connectivity index (χ4n) is 0.507. The van der Waals surface area contributed by atoms with Crippen LogP contribution in [0.15, 0.2) is 28.7 Å². The molecule has 1 rings (SSSR count). The maximum absolute atomic E-state index is 3.35. The lowest BCUT2D eigenvalue weighted by Gasteiger charge is -1.88. The molecule has 1 aromatic carbocycles. The third-order valence-electron chi connectivity index (χ3n) is 0.849. The SMILES string of the molecule is Pc1cccc(Br)c1. The first-order valence-corrected chi connectivity index (χ1v) is 3.67. The van der Waals surface area contributed by atoms with E-state index >= 15 is 0 Å². The van der Waals surface area contributed by atoms with Gasteiger partial charge in [-0.3, -0.25) is 0 Å². The van der Waals surface area contributed by atoms with Crippen molar-refractivity contribution in [2.24, 2.45) is 0 Å². The van der Waals surface area contributed by atoms with Crippen LogP contribution >= 0.6 is 25.2 Å². The van der Waals surface area contributed by atoms with Crippen molar-refractivity contribution in [3.05, 3.63) is 28.7 Å². The molecule has 1 unspecified atom stereocenters. The maximum Gasteiger partial charge on any atom is 0.0181 e. The number of rotatable bonds is 0. The van der Waals surface area contributed by atoms with Crippen LogP contribution in [0.25, 0.3) is 0 Å². The van der Waals surface area contributed by atoms with Gasteiger partial charge in [-0.25, -0.2) is 0 Å². The fraction of sp³-hybridized carbons (Fsp3) is 0. The van der Waals surface area contributed by atoms with E-state index in [0.29, 0.717) is 0 Å². The van der Waals surface area contributed by atoms with E-state index in [4.69, 9.17) is 0 Å². The highest BCUT2D eigenvalue weighted by Crippen LogP contribution is 2.06. The zero-order valence-corrected chi connectivity index (χ0v) is 7.01. The van der Waals surface area contributed by atoms with Crippen LogP contribution < -0.4 is 5.30 Å². The first kappa shape index (κ1) is 6.25. The zero-order valence-electron chi connectivity index (χ0n) is 4.26. The fourth-order valence-corrected chi connectivity index (χ4v) is 1.46. The van der Waals surface area contributed by atoms with Gasteiger partial charge in [0.1, 0.15) is 0 Å². The lowest BCUT2D eigenvalue weighted by Crippen LogP contribution is -1.85. The van der Waals surface area contributed by atoms with Gasteiger partial charge in [0.15, 0.2) is 0 Å². The monoisotopic (exact) mass is 188 g/mol. The van der Waals surface area contributed by atoms with Crippen LogP contribution in [0.1, 0.15) is 0 Å². The van der Waals surface area contributed by atoms with Gasteiger partial charge < -0.3 is 0 Å². The van der Waals surface area contributed by atoms with Crippen LogP contribution in [-0.2, 0) is 0 Å². The minimum atomic E-state index is 1.13. The summed E-state index contributed by atoms with van der Waals surface area (Å²) in [7, 11) is 2.63. The van der Waals surface area contributed by atoms with E-state index in [-0.39, 0.29) is 0 Å². The van der Waals surface area contributed by atoms with Crippen molar-refractivity contribution in [3.8, 4) is 0 Å². The normalized spacial score (nSPS) is 9.25. The van der Waals surface area contributed by atoms with Gasteiger partial charge in [0.05, 0.1) is 0 Å². The minimum Gasteiger partial charge on any atom is -0.106 e. The highest BCUT2D eigenvalue weighted by Gasteiger charge is 1.82. The minimum absolute atomic E-state index is 1.13. The van der Waals surface area contributed by atoms with E-state index in [2.05, 4.69) is 25.2 Å². The lowest BCUT2D eigenvalue weighted by molar-refractivity contribution is 1.71. The quantitative estimate of drug-likeness (QED) is 0.547. The van der Waals surface area contributed by atoms with Crippen molar-refractivity contribution >= 4 is 30.5 Å². The molecule has 1 aromatic rings. The molecule has 0 saturated heterocycles. The highest BCUT2D eigenvalue weighted by atomic mass is 79.9. The average Bonchev–Trinajstić information content (AvgIpc) is 1.64. The summed E-state index contributed by atoms with van der Waals surface area (Å²) in [5.74, 6) is 0. The van der Waals surface area contributed by atoms with Crippen molar-refractivity contribution in [2.45, 2.75) is 0 Å². The highest BCUT2D eigenvalue weighted by molar-refractivity contribution is 9.10. The number of hydrogen-bond acceptors (Lipinski definition) is 0. The summed E-state index contributed by atoms with van der Waals surface area (Å²) >= 11 is 3.35. The second-order valence-electron chi connectivity index (χ2n) is 1.56. The Bertz CT molecular complexity index is 168. The third-order valence-corrected chi connectivity index (χ3v) is 1.70. The molecule has 0 N–H and O–H groups in total. The molecule has 8 heavy (non-hydrogen) atoms. The molecule has 2 heteroatoms. The Morgan fingerprint density at radius 3 is 2.50 bits per heavy atom. The molecular weight excluding hydrogens is 183 g/mol. The molecule has 0 aromatic heterocycles. The molecule has 1 atom stereocenters. The van der Waals surface area contributed by atoms with E-state index in [1.807, 2.05) is 24.3 Å². The Balaban J connectivity index is 3.08. The van der Waals surface area contributed by atoms with E-state index < -0.39 is 0 Å². The third kappa shape index (κ3) is 1.57. The van der Waals surface area contributed by atoms with Crippen molar-refractivity contribution < 1.29 is 0 Å². The lowest BCUT2D eigenvalue weighted by atomic mass is 10.4. The van der Waals surface area contributed by atoms with Crippen molar-refractivity contribution in [1.82, 2.24) is 0 Å². The zero-order chi connectivity index (χ0) is 5.98. The molecule has 0 radical (unpaired) electrons. The van der Waals surface area contributed by atoms with E-state index in [9.17, 15) is 0 Å². The molecule has 0 aliphatic rings. The van der Waals surface area contributed by atoms with Gasteiger partial charge in [0.25, 0.3) is 0 Å². The van der Waals surface area contributed by atoms with Crippen LogP contribution in [0.5, 0.6) is 0 Å². The molecule has 0 aliphatic carbocycles. The summed E-state index contributed by atoms with van der Waals surface area (Å²) in [6.45, 7) is 0. The van der Waals surface area contributed by atoms with Gasteiger partial charge in [-0.2, -0.15) is 0 Å². The first-order chi connectivity index (χ1) is 3.79. The van der Waals surface area contributed by atoms with Gasteiger partial charge in [-0.15, -0.1) is 9.24 Å². The Labute approximate surface area is 59.6 Å².